The molecule has 1 unspecified atom stereocenters. The Morgan fingerprint density at radius 3 is 2.67 bits per heavy atom. The standard InChI is InChI=1S/C21H20ClN9O2/c1-29-9-7-21(33,19(29)32)13-10-25-31(12-13)17-5-3-4-14(26-17)15-6-8-23-20(27-15)28-16-11-24-30(2)18(16)22/h3-6,8,10-12,33H,7,9H2,1-2H3,(H,23,27,28). The van der Waals surface area contributed by atoms with Crippen LogP contribution in [0.3, 0.4) is 0 Å². The van der Waals surface area contributed by atoms with Crippen molar-refractivity contribution in [2.45, 2.75) is 12.0 Å². The second kappa shape index (κ2) is 7.94. The topological polar surface area (TPSA) is 127 Å². The van der Waals surface area contributed by atoms with E-state index in [-0.39, 0.29) is 5.91 Å². The highest BCUT2D eigenvalue weighted by Gasteiger charge is 2.46. The Hall–Kier alpha value is -3.83. The van der Waals surface area contributed by atoms with Gasteiger partial charge in [-0.2, -0.15) is 10.2 Å². The van der Waals surface area contributed by atoms with Gasteiger partial charge in [0, 0.05) is 45.0 Å². The Morgan fingerprint density at radius 2 is 1.94 bits per heavy atom. The maximum absolute atomic E-state index is 12.4. The molecule has 0 saturated carbocycles. The molecule has 0 aromatic carbocycles. The minimum atomic E-state index is -1.56. The molecule has 0 aliphatic carbocycles. The number of amides is 1. The van der Waals surface area contributed by atoms with Crippen LogP contribution in [0.5, 0.6) is 0 Å². The number of halogens is 1. The van der Waals surface area contributed by atoms with E-state index in [1.807, 2.05) is 12.1 Å². The van der Waals surface area contributed by atoms with Crippen LogP contribution in [0.4, 0.5) is 11.6 Å². The summed E-state index contributed by atoms with van der Waals surface area (Å²) in [7, 11) is 3.41. The van der Waals surface area contributed by atoms with Gasteiger partial charge in [-0.25, -0.2) is 19.6 Å². The smallest absolute Gasteiger partial charge is 0.259 e. The van der Waals surface area contributed by atoms with Crippen LogP contribution in [0.2, 0.25) is 5.15 Å². The SMILES string of the molecule is CN1CCC(O)(c2cnn(-c3cccc(-c4ccnc(Nc5cnn(C)c5Cl)n4)n3)c2)C1=O. The van der Waals surface area contributed by atoms with E-state index in [9.17, 15) is 9.90 Å². The van der Waals surface area contributed by atoms with E-state index in [1.54, 1.807) is 44.8 Å². The molecule has 168 valence electrons. The number of anilines is 2. The quantitative estimate of drug-likeness (QED) is 0.457. The van der Waals surface area contributed by atoms with Crippen LogP contribution in [0.25, 0.3) is 17.2 Å². The number of nitrogens with one attached hydrogen (secondary N) is 1. The largest absolute Gasteiger partial charge is 0.375 e. The Labute approximate surface area is 193 Å². The zero-order valence-corrected chi connectivity index (χ0v) is 18.6. The molecule has 11 nitrogen and oxygen atoms in total. The number of nitrogens with zero attached hydrogens (tertiary/aromatic N) is 8. The van der Waals surface area contributed by atoms with Crippen LogP contribution in [0.15, 0.2) is 49.1 Å². The van der Waals surface area contributed by atoms with Gasteiger partial charge in [-0.05, 0) is 18.2 Å². The highest BCUT2D eigenvalue weighted by molar-refractivity contribution is 6.32. The summed E-state index contributed by atoms with van der Waals surface area (Å²) in [6.45, 7) is 0.489. The molecule has 1 saturated heterocycles. The van der Waals surface area contributed by atoms with E-state index >= 15 is 0 Å². The van der Waals surface area contributed by atoms with E-state index in [1.165, 1.54) is 20.5 Å². The predicted octanol–water partition coefficient (Wildman–Crippen LogP) is 1.90. The lowest BCUT2D eigenvalue weighted by molar-refractivity contribution is -0.143. The molecule has 4 aromatic heterocycles. The number of aryl methyl sites for hydroxylation is 1. The van der Waals surface area contributed by atoms with Crippen molar-refractivity contribution in [3.8, 4) is 17.2 Å². The Kier molecular flexibility index (Phi) is 5.06. The van der Waals surface area contributed by atoms with Gasteiger partial charge < -0.3 is 15.3 Å². The van der Waals surface area contributed by atoms with Crippen LogP contribution >= 0.6 is 11.6 Å². The lowest BCUT2D eigenvalue weighted by Crippen LogP contribution is -2.35. The molecule has 2 N–H and O–H groups in total. The molecule has 1 aliphatic heterocycles. The first-order valence-corrected chi connectivity index (χ1v) is 10.5. The molecule has 5 rings (SSSR count). The number of hydrogen-bond donors (Lipinski definition) is 2. The maximum atomic E-state index is 12.4. The van der Waals surface area contributed by atoms with Crippen LogP contribution < -0.4 is 5.32 Å². The molecular weight excluding hydrogens is 446 g/mol. The van der Waals surface area contributed by atoms with Crippen LogP contribution in [0.1, 0.15) is 12.0 Å². The van der Waals surface area contributed by atoms with Gasteiger partial charge >= 0.3 is 0 Å². The Bertz CT molecular complexity index is 1350. The number of hydrogen-bond acceptors (Lipinski definition) is 8. The summed E-state index contributed by atoms with van der Waals surface area (Å²) < 4.78 is 3.06. The van der Waals surface area contributed by atoms with Gasteiger partial charge in [0.1, 0.15) is 5.15 Å². The first-order chi connectivity index (χ1) is 15.8. The molecule has 1 fully saturated rings. The number of pyridine rings is 1. The molecule has 1 aliphatic rings. The van der Waals surface area contributed by atoms with Crippen molar-refractivity contribution in [1.82, 2.24) is 39.4 Å². The Morgan fingerprint density at radius 1 is 1.12 bits per heavy atom. The van der Waals surface area contributed by atoms with E-state index in [0.717, 1.165) is 0 Å². The van der Waals surface area contributed by atoms with Crippen molar-refractivity contribution < 1.29 is 9.90 Å². The van der Waals surface area contributed by atoms with E-state index in [4.69, 9.17) is 11.6 Å². The third-order valence-electron chi connectivity index (χ3n) is 5.57. The van der Waals surface area contributed by atoms with E-state index in [2.05, 4.69) is 30.5 Å². The van der Waals surface area contributed by atoms with Gasteiger partial charge in [-0.3, -0.25) is 9.48 Å². The fraction of sp³-hybridized carbons (Fsp3) is 0.238. The number of carbonyl (C=O) groups excluding carboxylic acids is 1. The fourth-order valence-electron chi connectivity index (χ4n) is 3.67. The number of aromatic nitrogens is 7. The van der Waals surface area contributed by atoms with Gasteiger partial charge in [0.25, 0.3) is 5.91 Å². The first-order valence-electron chi connectivity index (χ1n) is 10.1. The zero-order valence-electron chi connectivity index (χ0n) is 17.8. The summed E-state index contributed by atoms with van der Waals surface area (Å²) in [4.78, 5) is 27.3. The molecule has 12 heteroatoms. The predicted molar refractivity (Wildman–Crippen MR) is 120 cm³/mol. The van der Waals surface area contributed by atoms with Gasteiger partial charge in [0.2, 0.25) is 5.95 Å². The minimum Gasteiger partial charge on any atom is -0.375 e. The zero-order chi connectivity index (χ0) is 23.2. The van der Waals surface area contributed by atoms with Crippen molar-refractivity contribution >= 4 is 29.1 Å². The summed E-state index contributed by atoms with van der Waals surface area (Å²) in [6, 6.07) is 7.17. The third kappa shape index (κ3) is 3.70. The first kappa shape index (κ1) is 21.0. The summed E-state index contributed by atoms with van der Waals surface area (Å²) in [5.74, 6) is 0.533. The summed E-state index contributed by atoms with van der Waals surface area (Å²) in [6.07, 6.45) is 6.65. The third-order valence-corrected chi connectivity index (χ3v) is 6.02. The lowest BCUT2D eigenvalue weighted by Gasteiger charge is -2.18. The van der Waals surface area contributed by atoms with Gasteiger partial charge in [0.05, 0.1) is 29.5 Å². The average molecular weight is 466 g/mol. The number of likely N-dealkylation sites (tertiary alicyclic amines) is 1. The molecule has 4 aromatic rings. The van der Waals surface area contributed by atoms with Crippen molar-refractivity contribution in [2.75, 3.05) is 18.9 Å². The molecule has 5 heterocycles. The number of aliphatic hydroxyl groups is 1. The summed E-state index contributed by atoms with van der Waals surface area (Å²) >= 11 is 6.20. The van der Waals surface area contributed by atoms with E-state index in [0.29, 0.717) is 52.5 Å². The van der Waals surface area contributed by atoms with Crippen molar-refractivity contribution in [3.05, 3.63) is 59.8 Å². The highest BCUT2D eigenvalue weighted by Crippen LogP contribution is 2.32. The normalized spacial score (nSPS) is 18.2. The summed E-state index contributed by atoms with van der Waals surface area (Å²) in [5, 5.41) is 22.7. The molecule has 1 atom stereocenters. The summed E-state index contributed by atoms with van der Waals surface area (Å²) in [5.41, 5.74) is 0.652. The molecular formula is C21H20ClN9O2. The molecule has 0 bridgehead atoms. The van der Waals surface area contributed by atoms with Crippen LogP contribution in [-0.4, -0.2) is 64.0 Å². The van der Waals surface area contributed by atoms with Crippen LogP contribution in [0, 0.1) is 0 Å². The van der Waals surface area contributed by atoms with Crippen molar-refractivity contribution in [2.24, 2.45) is 7.05 Å². The molecule has 1 amide bonds. The number of carbonyl (C=O) groups is 1. The monoisotopic (exact) mass is 465 g/mol. The van der Waals surface area contributed by atoms with Crippen molar-refractivity contribution in [1.29, 1.82) is 0 Å². The lowest BCUT2D eigenvalue weighted by atomic mass is 9.95. The van der Waals surface area contributed by atoms with Crippen LogP contribution in [-0.2, 0) is 17.4 Å². The second-order valence-electron chi connectivity index (χ2n) is 7.75. The minimum absolute atomic E-state index is 0.319. The average Bonchev–Trinajstić information content (AvgIpc) is 3.52. The molecule has 33 heavy (non-hydrogen) atoms. The maximum Gasteiger partial charge on any atom is 0.259 e. The Balaban J connectivity index is 1.42. The molecule has 0 spiro atoms. The second-order valence-corrected chi connectivity index (χ2v) is 8.11. The molecule has 0 radical (unpaired) electrons. The fourth-order valence-corrected chi connectivity index (χ4v) is 3.80. The van der Waals surface area contributed by atoms with Crippen molar-refractivity contribution in [3.63, 3.8) is 0 Å². The van der Waals surface area contributed by atoms with Gasteiger partial charge in [-0.15, -0.1) is 0 Å². The van der Waals surface area contributed by atoms with E-state index < -0.39 is 5.60 Å². The highest BCUT2D eigenvalue weighted by atomic mass is 35.5. The number of rotatable bonds is 5. The van der Waals surface area contributed by atoms with Gasteiger partial charge in [-0.1, -0.05) is 17.7 Å². The number of likely N-dealkylation sites (N-methyl/N-ethyl adjacent to an activating group) is 1. The van der Waals surface area contributed by atoms with Gasteiger partial charge in [0.15, 0.2) is 11.4 Å².